The molecule has 114 valence electrons. The maximum Gasteiger partial charge on any atom is 0.242 e. The smallest absolute Gasteiger partial charge is 0.211 e. The van der Waals surface area contributed by atoms with E-state index in [0.29, 0.717) is 6.42 Å². The summed E-state index contributed by atoms with van der Waals surface area (Å²) < 4.78 is 0. The highest BCUT2D eigenvalue weighted by atomic mass is 16.1. The standard InChI is InChI=1S/C15H21N3O3/c1-2-3-4-5-6-7-8-9-10-14(16-11-19)15(17-12-20)18-13-21/h2-10H2,1H3. The van der Waals surface area contributed by atoms with Crippen LogP contribution in [-0.2, 0) is 14.4 Å². The molecule has 0 heterocycles. The van der Waals surface area contributed by atoms with Gasteiger partial charge >= 0.3 is 0 Å². The topological polar surface area (TPSA) is 88.3 Å². The third-order valence-electron chi connectivity index (χ3n) is 3.01. The van der Waals surface area contributed by atoms with Crippen LogP contribution in [0.1, 0.15) is 64.7 Å². The number of carbonyl (C=O) groups excluding carboxylic acids is 3. The molecule has 0 aliphatic carbocycles. The van der Waals surface area contributed by atoms with Gasteiger partial charge in [0.1, 0.15) is 0 Å². The van der Waals surface area contributed by atoms with Crippen LogP contribution in [0.25, 0.3) is 0 Å². The largest absolute Gasteiger partial charge is 0.242 e. The number of isocyanates is 3. The molecule has 0 spiro atoms. The summed E-state index contributed by atoms with van der Waals surface area (Å²) in [5, 5.41) is 0. The van der Waals surface area contributed by atoms with Crippen LogP contribution in [0.15, 0.2) is 26.5 Å². The Morgan fingerprint density at radius 1 is 0.714 bits per heavy atom. The molecule has 6 nitrogen and oxygen atoms in total. The first-order chi connectivity index (χ1) is 10.3. The van der Waals surface area contributed by atoms with Crippen LogP contribution in [0.5, 0.6) is 0 Å². The van der Waals surface area contributed by atoms with Crippen LogP contribution in [0.4, 0.5) is 0 Å². The molecule has 0 saturated carbocycles. The molecule has 0 saturated heterocycles. The number of rotatable bonds is 12. The predicted molar refractivity (Wildman–Crippen MR) is 78.6 cm³/mol. The van der Waals surface area contributed by atoms with Gasteiger partial charge in [0.2, 0.25) is 18.2 Å². The van der Waals surface area contributed by atoms with E-state index in [2.05, 4.69) is 21.9 Å². The zero-order valence-electron chi connectivity index (χ0n) is 12.4. The summed E-state index contributed by atoms with van der Waals surface area (Å²) in [6, 6.07) is 0. The van der Waals surface area contributed by atoms with Crippen LogP contribution >= 0.6 is 0 Å². The number of aliphatic imine (C=N–C) groups is 3. The first kappa shape index (κ1) is 18.9. The SMILES string of the molecule is CCCCCCCCCCC(N=C=O)=C(N=C=O)N=C=O. The number of hydrogen-bond donors (Lipinski definition) is 0. The average Bonchev–Trinajstić information content (AvgIpc) is 2.48. The molecular weight excluding hydrogens is 270 g/mol. The van der Waals surface area contributed by atoms with Crippen LogP contribution in [0.2, 0.25) is 0 Å². The van der Waals surface area contributed by atoms with Crippen molar-refractivity contribution in [1.29, 1.82) is 0 Å². The van der Waals surface area contributed by atoms with Crippen molar-refractivity contribution < 1.29 is 14.4 Å². The third kappa shape index (κ3) is 10.3. The molecule has 0 aromatic heterocycles. The Morgan fingerprint density at radius 2 is 1.19 bits per heavy atom. The van der Waals surface area contributed by atoms with Gasteiger partial charge in [0.05, 0.1) is 5.70 Å². The summed E-state index contributed by atoms with van der Waals surface area (Å²) >= 11 is 0. The van der Waals surface area contributed by atoms with E-state index in [4.69, 9.17) is 0 Å². The van der Waals surface area contributed by atoms with Gasteiger partial charge in [-0.05, 0) is 12.8 Å². The fraction of sp³-hybridized carbons (Fsp3) is 0.667. The lowest BCUT2D eigenvalue weighted by molar-refractivity contribution is 0.558. The molecule has 0 aromatic carbocycles. The van der Waals surface area contributed by atoms with Gasteiger partial charge in [0.25, 0.3) is 0 Å². The van der Waals surface area contributed by atoms with E-state index >= 15 is 0 Å². The van der Waals surface area contributed by atoms with Crippen molar-refractivity contribution in [2.75, 3.05) is 0 Å². The summed E-state index contributed by atoms with van der Waals surface area (Å²) in [6.07, 6.45) is 13.4. The Bertz CT molecular complexity index is 447. The van der Waals surface area contributed by atoms with Crippen molar-refractivity contribution in [3.8, 4) is 0 Å². The van der Waals surface area contributed by atoms with Gasteiger partial charge in [0, 0.05) is 0 Å². The molecule has 0 radical (unpaired) electrons. The molecule has 0 N–H and O–H groups in total. The van der Waals surface area contributed by atoms with E-state index in [-0.39, 0.29) is 11.5 Å². The van der Waals surface area contributed by atoms with Crippen LogP contribution in [-0.4, -0.2) is 18.2 Å². The number of allylic oxidation sites excluding steroid dienone is 1. The fourth-order valence-corrected chi connectivity index (χ4v) is 1.94. The number of nitrogens with zero attached hydrogens (tertiary/aromatic N) is 3. The highest BCUT2D eigenvalue weighted by Crippen LogP contribution is 2.17. The Morgan fingerprint density at radius 3 is 1.67 bits per heavy atom. The predicted octanol–water partition coefficient (Wildman–Crippen LogP) is 3.69. The Balaban J connectivity index is 4.28. The molecule has 0 rings (SSSR count). The first-order valence-corrected chi connectivity index (χ1v) is 7.26. The normalized spacial score (nSPS) is 9.00. The molecule has 0 bridgehead atoms. The molecule has 0 aliphatic heterocycles. The van der Waals surface area contributed by atoms with Crippen molar-refractivity contribution in [1.82, 2.24) is 0 Å². The van der Waals surface area contributed by atoms with Crippen molar-refractivity contribution in [2.45, 2.75) is 64.7 Å². The van der Waals surface area contributed by atoms with Crippen molar-refractivity contribution in [2.24, 2.45) is 15.0 Å². The lowest BCUT2D eigenvalue weighted by Gasteiger charge is -2.02. The summed E-state index contributed by atoms with van der Waals surface area (Å²) in [5.74, 6) is -0.216. The Labute approximate surface area is 124 Å². The van der Waals surface area contributed by atoms with Gasteiger partial charge in [-0.1, -0.05) is 51.9 Å². The Kier molecular flexibility index (Phi) is 12.8. The van der Waals surface area contributed by atoms with Crippen molar-refractivity contribution in [3.63, 3.8) is 0 Å². The summed E-state index contributed by atoms with van der Waals surface area (Å²) in [6.45, 7) is 2.18. The van der Waals surface area contributed by atoms with Crippen molar-refractivity contribution >= 4 is 18.2 Å². The molecule has 0 amide bonds. The van der Waals surface area contributed by atoms with Gasteiger partial charge < -0.3 is 0 Å². The number of unbranched alkanes of at least 4 members (excludes halogenated alkanes) is 7. The molecule has 0 aromatic rings. The van der Waals surface area contributed by atoms with Crippen LogP contribution in [0.3, 0.4) is 0 Å². The quantitative estimate of drug-likeness (QED) is 0.312. The van der Waals surface area contributed by atoms with E-state index in [0.717, 1.165) is 19.3 Å². The summed E-state index contributed by atoms with van der Waals surface area (Å²) in [5.41, 5.74) is 0.169. The molecule has 21 heavy (non-hydrogen) atoms. The number of hydrogen-bond acceptors (Lipinski definition) is 6. The van der Waals surface area contributed by atoms with Crippen LogP contribution in [0, 0.1) is 0 Å². The van der Waals surface area contributed by atoms with Gasteiger partial charge in [-0.15, -0.1) is 9.98 Å². The minimum atomic E-state index is -0.216. The zero-order chi connectivity index (χ0) is 15.8. The molecule has 6 heteroatoms. The second-order valence-corrected chi connectivity index (χ2v) is 4.60. The molecule has 0 atom stereocenters. The maximum atomic E-state index is 10.4. The van der Waals surface area contributed by atoms with Crippen molar-refractivity contribution in [3.05, 3.63) is 11.5 Å². The van der Waals surface area contributed by atoms with E-state index in [1.54, 1.807) is 0 Å². The van der Waals surface area contributed by atoms with E-state index in [1.165, 1.54) is 50.3 Å². The van der Waals surface area contributed by atoms with Gasteiger partial charge in [-0.25, -0.2) is 14.4 Å². The highest BCUT2D eigenvalue weighted by Gasteiger charge is 2.05. The van der Waals surface area contributed by atoms with E-state index < -0.39 is 0 Å². The molecule has 0 fully saturated rings. The van der Waals surface area contributed by atoms with E-state index in [1.807, 2.05) is 0 Å². The molecule has 0 aliphatic rings. The summed E-state index contributed by atoms with van der Waals surface area (Å²) in [4.78, 5) is 40.8. The maximum absolute atomic E-state index is 10.4. The monoisotopic (exact) mass is 291 g/mol. The molecule has 0 unspecified atom stereocenters. The first-order valence-electron chi connectivity index (χ1n) is 7.26. The lowest BCUT2D eigenvalue weighted by Crippen LogP contribution is -1.88. The minimum absolute atomic E-state index is 0.169. The van der Waals surface area contributed by atoms with Gasteiger partial charge in [-0.2, -0.15) is 4.99 Å². The molecular formula is C15H21N3O3. The second kappa shape index (κ2) is 14.3. The fourth-order valence-electron chi connectivity index (χ4n) is 1.94. The summed E-state index contributed by atoms with van der Waals surface area (Å²) in [7, 11) is 0. The minimum Gasteiger partial charge on any atom is -0.211 e. The zero-order valence-corrected chi connectivity index (χ0v) is 12.4. The van der Waals surface area contributed by atoms with Crippen LogP contribution < -0.4 is 0 Å². The highest BCUT2D eigenvalue weighted by molar-refractivity contribution is 5.45. The van der Waals surface area contributed by atoms with Gasteiger partial charge in [0.15, 0.2) is 5.82 Å². The van der Waals surface area contributed by atoms with E-state index in [9.17, 15) is 14.4 Å². The second-order valence-electron chi connectivity index (χ2n) is 4.60. The lowest BCUT2D eigenvalue weighted by atomic mass is 10.1. The Hall–Kier alpha value is -2.12. The average molecular weight is 291 g/mol. The third-order valence-corrected chi connectivity index (χ3v) is 3.01. The van der Waals surface area contributed by atoms with Gasteiger partial charge in [-0.3, -0.25) is 0 Å².